The summed E-state index contributed by atoms with van der Waals surface area (Å²) in [6, 6.07) is 5.58. The molecule has 0 unspecified atom stereocenters. The molecule has 0 N–H and O–H groups in total. The molecule has 2 aromatic heterocycles. The van der Waals surface area contributed by atoms with E-state index >= 15 is 0 Å². The topological polar surface area (TPSA) is 130 Å². The normalized spacial score (nSPS) is 11.6. The van der Waals surface area contributed by atoms with Crippen molar-refractivity contribution in [3.8, 4) is 5.69 Å². The standard InChI is InChI=1S/C15H13N5O5S/c1-3-7-18-14(21)12-9-16-15(26(2,24)25)17-13(12)19(18)10-5-4-6-11(8-10)20(22)23/h3-6,8-9H,1,7H2,2H3. The van der Waals surface area contributed by atoms with E-state index in [1.54, 1.807) is 6.07 Å². The SMILES string of the molecule is C=CCn1c(=O)c2cnc(S(C)(=O)=O)nc2n1-c1cccc([N+](=O)[O-])c1. The lowest BCUT2D eigenvalue weighted by Gasteiger charge is -2.10. The van der Waals surface area contributed by atoms with Gasteiger partial charge in [-0.15, -0.1) is 6.58 Å². The lowest BCUT2D eigenvalue weighted by Crippen LogP contribution is -2.21. The van der Waals surface area contributed by atoms with Gasteiger partial charge in [-0.1, -0.05) is 12.1 Å². The summed E-state index contributed by atoms with van der Waals surface area (Å²) >= 11 is 0. The molecule has 0 aliphatic carbocycles. The van der Waals surface area contributed by atoms with Crippen LogP contribution in [-0.4, -0.2) is 38.9 Å². The Morgan fingerprint density at radius 1 is 1.38 bits per heavy atom. The van der Waals surface area contributed by atoms with Crippen molar-refractivity contribution in [1.29, 1.82) is 0 Å². The van der Waals surface area contributed by atoms with E-state index in [-0.39, 0.29) is 29.0 Å². The van der Waals surface area contributed by atoms with Crippen LogP contribution in [-0.2, 0) is 16.4 Å². The molecule has 134 valence electrons. The van der Waals surface area contributed by atoms with Crippen LogP contribution in [0.5, 0.6) is 0 Å². The fourth-order valence-corrected chi connectivity index (χ4v) is 2.98. The van der Waals surface area contributed by atoms with Crippen molar-refractivity contribution in [1.82, 2.24) is 19.3 Å². The summed E-state index contributed by atoms with van der Waals surface area (Å²) < 4.78 is 26.1. The smallest absolute Gasteiger partial charge is 0.267 e. The molecule has 10 nitrogen and oxygen atoms in total. The summed E-state index contributed by atoms with van der Waals surface area (Å²) in [5.74, 6) is 0. The first-order valence-corrected chi connectivity index (χ1v) is 9.17. The van der Waals surface area contributed by atoms with Crippen LogP contribution in [0.15, 0.2) is 53.1 Å². The van der Waals surface area contributed by atoms with Gasteiger partial charge in [0, 0.05) is 24.6 Å². The van der Waals surface area contributed by atoms with Gasteiger partial charge in [-0.25, -0.2) is 22.8 Å². The molecule has 0 aliphatic rings. The van der Waals surface area contributed by atoms with Crippen LogP contribution in [0.3, 0.4) is 0 Å². The number of non-ortho nitro benzene ring substituents is 1. The minimum atomic E-state index is -3.71. The highest BCUT2D eigenvalue weighted by Crippen LogP contribution is 2.21. The number of benzene rings is 1. The fraction of sp³-hybridized carbons (Fsp3) is 0.133. The summed E-state index contributed by atoms with van der Waals surface area (Å²) in [6.45, 7) is 3.68. The van der Waals surface area contributed by atoms with Crippen molar-refractivity contribution in [2.75, 3.05) is 6.26 Å². The first kappa shape index (κ1) is 17.5. The maximum Gasteiger partial charge on any atom is 0.278 e. The number of hydrogen-bond acceptors (Lipinski definition) is 7. The number of fused-ring (bicyclic) bond motifs is 1. The summed E-state index contributed by atoms with van der Waals surface area (Å²) in [7, 11) is -3.71. The summed E-state index contributed by atoms with van der Waals surface area (Å²) in [4.78, 5) is 30.8. The molecule has 0 saturated carbocycles. The number of allylic oxidation sites excluding steroid dienone is 1. The van der Waals surface area contributed by atoms with Crippen LogP contribution in [0.4, 0.5) is 5.69 Å². The minimum Gasteiger partial charge on any atom is -0.267 e. The van der Waals surface area contributed by atoms with Gasteiger partial charge in [0.25, 0.3) is 11.2 Å². The molecule has 0 spiro atoms. The molecule has 0 atom stereocenters. The van der Waals surface area contributed by atoms with Crippen LogP contribution in [0.1, 0.15) is 0 Å². The second-order valence-electron chi connectivity index (χ2n) is 5.43. The quantitative estimate of drug-likeness (QED) is 0.282. The summed E-state index contributed by atoms with van der Waals surface area (Å²) in [5.41, 5.74) is -0.329. The van der Waals surface area contributed by atoms with Crippen molar-refractivity contribution in [3.63, 3.8) is 0 Å². The van der Waals surface area contributed by atoms with Crippen molar-refractivity contribution in [2.24, 2.45) is 0 Å². The minimum absolute atomic E-state index is 0.0350. The van der Waals surface area contributed by atoms with Crippen LogP contribution >= 0.6 is 0 Å². The number of hydrogen-bond donors (Lipinski definition) is 0. The van der Waals surface area contributed by atoms with Gasteiger partial charge in [-0.3, -0.25) is 14.9 Å². The van der Waals surface area contributed by atoms with Crippen molar-refractivity contribution in [3.05, 3.63) is 63.6 Å². The highest BCUT2D eigenvalue weighted by atomic mass is 32.2. The van der Waals surface area contributed by atoms with Crippen molar-refractivity contribution in [2.45, 2.75) is 11.7 Å². The predicted octanol–water partition coefficient (Wildman–Crippen LogP) is 1.08. The zero-order chi connectivity index (χ0) is 19.1. The molecule has 26 heavy (non-hydrogen) atoms. The highest BCUT2D eigenvalue weighted by Gasteiger charge is 2.20. The van der Waals surface area contributed by atoms with E-state index in [0.717, 1.165) is 12.5 Å². The van der Waals surface area contributed by atoms with E-state index in [1.807, 2.05) is 0 Å². The molecule has 0 amide bonds. The van der Waals surface area contributed by atoms with E-state index in [2.05, 4.69) is 16.5 Å². The van der Waals surface area contributed by atoms with Gasteiger partial charge in [0.2, 0.25) is 15.0 Å². The van der Waals surface area contributed by atoms with Gasteiger partial charge in [-0.2, -0.15) is 4.98 Å². The summed E-state index contributed by atoms with van der Waals surface area (Å²) in [5, 5.41) is 10.7. The van der Waals surface area contributed by atoms with Crippen molar-refractivity contribution < 1.29 is 13.3 Å². The first-order valence-electron chi connectivity index (χ1n) is 7.28. The van der Waals surface area contributed by atoms with Crippen LogP contribution < -0.4 is 5.56 Å². The molecule has 0 bridgehead atoms. The highest BCUT2D eigenvalue weighted by molar-refractivity contribution is 7.90. The molecule has 2 heterocycles. The molecule has 11 heteroatoms. The van der Waals surface area contributed by atoms with E-state index < -0.39 is 25.5 Å². The van der Waals surface area contributed by atoms with Crippen molar-refractivity contribution >= 4 is 26.6 Å². The first-order chi connectivity index (χ1) is 12.2. The zero-order valence-corrected chi connectivity index (χ0v) is 14.4. The maximum absolute atomic E-state index is 12.6. The van der Waals surface area contributed by atoms with Crippen LogP contribution in [0, 0.1) is 10.1 Å². The van der Waals surface area contributed by atoms with E-state index in [9.17, 15) is 23.3 Å². The van der Waals surface area contributed by atoms with Gasteiger partial charge < -0.3 is 0 Å². The number of rotatable bonds is 5. The van der Waals surface area contributed by atoms with Crippen LogP contribution in [0.25, 0.3) is 16.7 Å². The number of aromatic nitrogens is 4. The third-order valence-corrected chi connectivity index (χ3v) is 4.43. The Labute approximate surface area is 147 Å². The molecule has 1 aromatic carbocycles. The number of nitro benzene ring substituents is 1. The number of nitrogens with zero attached hydrogens (tertiary/aromatic N) is 5. The average molecular weight is 375 g/mol. The van der Waals surface area contributed by atoms with E-state index in [1.165, 1.54) is 33.6 Å². The Morgan fingerprint density at radius 3 is 2.73 bits per heavy atom. The average Bonchev–Trinajstić information content (AvgIpc) is 2.86. The maximum atomic E-state index is 12.6. The Bertz CT molecular complexity index is 1210. The molecule has 0 saturated heterocycles. The second-order valence-corrected chi connectivity index (χ2v) is 7.34. The predicted molar refractivity (Wildman–Crippen MR) is 93.1 cm³/mol. The third kappa shape index (κ3) is 2.88. The Kier molecular flexibility index (Phi) is 4.16. The van der Waals surface area contributed by atoms with Crippen LogP contribution in [0.2, 0.25) is 0 Å². The largest absolute Gasteiger partial charge is 0.278 e. The third-order valence-electron chi connectivity index (χ3n) is 3.57. The van der Waals surface area contributed by atoms with Gasteiger partial charge in [0.1, 0.15) is 5.39 Å². The molecule has 3 rings (SSSR count). The Hall–Kier alpha value is -3.34. The number of nitro groups is 1. The monoisotopic (exact) mass is 375 g/mol. The lowest BCUT2D eigenvalue weighted by molar-refractivity contribution is -0.384. The molecule has 3 aromatic rings. The zero-order valence-electron chi connectivity index (χ0n) is 13.6. The van der Waals surface area contributed by atoms with Gasteiger partial charge >= 0.3 is 0 Å². The van der Waals surface area contributed by atoms with Gasteiger partial charge in [-0.05, 0) is 6.07 Å². The molecular formula is C15H13N5O5S. The second kappa shape index (κ2) is 6.19. The summed E-state index contributed by atoms with van der Waals surface area (Å²) in [6.07, 6.45) is 3.55. The molecule has 0 aliphatic heterocycles. The molecular weight excluding hydrogens is 362 g/mol. The van der Waals surface area contributed by atoms with Gasteiger partial charge in [0.15, 0.2) is 5.65 Å². The van der Waals surface area contributed by atoms with E-state index in [0.29, 0.717) is 0 Å². The van der Waals surface area contributed by atoms with E-state index in [4.69, 9.17) is 0 Å². The Balaban J connectivity index is 2.43. The fourth-order valence-electron chi connectivity index (χ4n) is 2.48. The van der Waals surface area contributed by atoms with Gasteiger partial charge in [0.05, 0.1) is 17.2 Å². The lowest BCUT2D eigenvalue weighted by atomic mass is 10.3. The Morgan fingerprint density at radius 2 is 2.12 bits per heavy atom. The number of sulfone groups is 1. The molecule has 0 radical (unpaired) electrons. The molecule has 0 fully saturated rings.